The van der Waals surface area contributed by atoms with Crippen LogP contribution in [-0.4, -0.2) is 23.3 Å². The summed E-state index contributed by atoms with van der Waals surface area (Å²) in [6, 6.07) is 2.10. The summed E-state index contributed by atoms with van der Waals surface area (Å²) in [5.74, 6) is 0.719. The number of hydrogen-bond donors (Lipinski definition) is 1. The van der Waals surface area contributed by atoms with Crippen molar-refractivity contribution < 1.29 is 0 Å². The van der Waals surface area contributed by atoms with Crippen LogP contribution >= 0.6 is 22.7 Å². The molecule has 5 heteroatoms. The Morgan fingerprint density at radius 3 is 2.94 bits per heavy atom. The number of nitrogens with one attached hydrogen (secondary N) is 1. The smallest absolute Gasteiger partial charge is 0.148 e. The first-order valence-electron chi connectivity index (χ1n) is 6.31. The Labute approximate surface area is 116 Å². The van der Waals surface area contributed by atoms with Crippen LogP contribution in [0.15, 0.2) is 16.8 Å². The van der Waals surface area contributed by atoms with Crippen molar-refractivity contribution in [2.45, 2.75) is 26.7 Å². The average Bonchev–Trinajstić information content (AvgIpc) is 2.98. The molecule has 0 saturated heterocycles. The summed E-state index contributed by atoms with van der Waals surface area (Å²) in [5, 5.41) is 18.3. The molecule has 0 aliphatic carbocycles. The van der Waals surface area contributed by atoms with E-state index in [4.69, 9.17) is 0 Å². The molecule has 2 aromatic heterocycles. The molecule has 2 rings (SSSR count). The topological polar surface area (TPSA) is 37.8 Å². The molecule has 0 spiro atoms. The molecule has 18 heavy (non-hydrogen) atoms. The maximum atomic E-state index is 4.25. The highest BCUT2D eigenvalue weighted by atomic mass is 32.1. The fraction of sp³-hybridized carbons (Fsp3) is 0.538. The van der Waals surface area contributed by atoms with Gasteiger partial charge in [-0.2, -0.15) is 11.3 Å². The lowest BCUT2D eigenvalue weighted by Crippen LogP contribution is -2.21. The molecular formula is C13H19N3S2. The summed E-state index contributed by atoms with van der Waals surface area (Å²) in [4.78, 5) is 0. The van der Waals surface area contributed by atoms with Gasteiger partial charge in [0.1, 0.15) is 10.0 Å². The molecule has 0 bridgehead atoms. The van der Waals surface area contributed by atoms with Gasteiger partial charge in [-0.05, 0) is 36.9 Å². The molecule has 0 fully saturated rings. The minimum absolute atomic E-state index is 0.719. The van der Waals surface area contributed by atoms with Crippen molar-refractivity contribution in [2.75, 3.05) is 13.1 Å². The van der Waals surface area contributed by atoms with Gasteiger partial charge >= 0.3 is 0 Å². The Kier molecular flexibility index (Phi) is 5.28. The van der Waals surface area contributed by atoms with E-state index in [-0.39, 0.29) is 0 Å². The van der Waals surface area contributed by atoms with E-state index in [0.29, 0.717) is 0 Å². The zero-order valence-corrected chi connectivity index (χ0v) is 12.5. The van der Waals surface area contributed by atoms with E-state index in [1.165, 1.54) is 5.56 Å². The van der Waals surface area contributed by atoms with Gasteiger partial charge in [-0.25, -0.2) is 0 Å². The fourth-order valence-electron chi connectivity index (χ4n) is 1.61. The van der Waals surface area contributed by atoms with E-state index in [1.807, 2.05) is 0 Å². The van der Waals surface area contributed by atoms with E-state index in [1.54, 1.807) is 22.7 Å². The third kappa shape index (κ3) is 4.15. The van der Waals surface area contributed by atoms with Gasteiger partial charge in [-0.1, -0.05) is 25.2 Å². The second kappa shape index (κ2) is 6.97. The molecule has 0 unspecified atom stereocenters. The minimum atomic E-state index is 0.719. The lowest BCUT2D eigenvalue weighted by molar-refractivity contribution is 0.542. The zero-order chi connectivity index (χ0) is 12.8. The summed E-state index contributed by atoms with van der Waals surface area (Å²) in [6.45, 7) is 6.61. The third-order valence-electron chi connectivity index (χ3n) is 2.53. The molecule has 0 radical (unpaired) electrons. The average molecular weight is 281 g/mol. The molecule has 1 N–H and O–H groups in total. The van der Waals surface area contributed by atoms with Crippen LogP contribution in [0.2, 0.25) is 0 Å². The van der Waals surface area contributed by atoms with E-state index in [9.17, 15) is 0 Å². The normalized spacial score (nSPS) is 11.3. The van der Waals surface area contributed by atoms with Gasteiger partial charge in [0.25, 0.3) is 0 Å². The number of rotatable bonds is 7. The summed E-state index contributed by atoms with van der Waals surface area (Å²) in [6.07, 6.45) is 2.15. The van der Waals surface area contributed by atoms with Crippen molar-refractivity contribution in [1.82, 2.24) is 15.5 Å². The van der Waals surface area contributed by atoms with E-state index < -0.39 is 0 Å². The summed E-state index contributed by atoms with van der Waals surface area (Å²) >= 11 is 3.41. The molecule has 2 heterocycles. The Morgan fingerprint density at radius 2 is 2.22 bits per heavy atom. The van der Waals surface area contributed by atoms with Crippen LogP contribution < -0.4 is 5.32 Å². The summed E-state index contributed by atoms with van der Waals surface area (Å²) in [7, 11) is 0. The van der Waals surface area contributed by atoms with Crippen molar-refractivity contribution in [3.63, 3.8) is 0 Å². The molecular weight excluding hydrogens is 262 g/mol. The van der Waals surface area contributed by atoms with Crippen molar-refractivity contribution >= 4 is 22.7 Å². The number of hydrogen-bond acceptors (Lipinski definition) is 5. The van der Waals surface area contributed by atoms with Crippen LogP contribution in [0.3, 0.4) is 0 Å². The van der Waals surface area contributed by atoms with Crippen molar-refractivity contribution in [3.8, 4) is 10.6 Å². The van der Waals surface area contributed by atoms with E-state index in [0.717, 1.165) is 41.9 Å². The van der Waals surface area contributed by atoms with Crippen LogP contribution in [0.4, 0.5) is 0 Å². The number of nitrogens with zero attached hydrogens (tertiary/aromatic N) is 2. The number of aromatic nitrogens is 2. The summed E-state index contributed by atoms with van der Waals surface area (Å²) in [5.41, 5.74) is 1.20. The van der Waals surface area contributed by atoms with Gasteiger partial charge in [0.05, 0.1) is 0 Å². The molecule has 0 aliphatic rings. The molecule has 98 valence electrons. The predicted octanol–water partition coefficient (Wildman–Crippen LogP) is 3.44. The first-order valence-corrected chi connectivity index (χ1v) is 8.07. The van der Waals surface area contributed by atoms with Gasteiger partial charge in [-0.3, -0.25) is 0 Å². The maximum Gasteiger partial charge on any atom is 0.148 e. The highest BCUT2D eigenvalue weighted by Gasteiger charge is 2.06. The molecule has 0 aliphatic heterocycles. The zero-order valence-electron chi connectivity index (χ0n) is 10.8. The Morgan fingerprint density at radius 1 is 1.33 bits per heavy atom. The SMILES string of the molecule is CC(C)CNCCCc1nnc(-c2ccsc2)s1. The van der Waals surface area contributed by atoms with Crippen molar-refractivity contribution in [3.05, 3.63) is 21.8 Å². The number of aryl methyl sites for hydroxylation is 1. The largest absolute Gasteiger partial charge is 0.316 e. The first kappa shape index (κ1) is 13.6. The molecule has 0 amide bonds. The predicted molar refractivity (Wildman–Crippen MR) is 79.3 cm³/mol. The third-order valence-corrected chi connectivity index (χ3v) is 4.25. The second-order valence-corrected chi connectivity index (χ2v) is 6.56. The van der Waals surface area contributed by atoms with Crippen LogP contribution in [0.1, 0.15) is 25.3 Å². The Bertz CT molecular complexity index is 449. The van der Waals surface area contributed by atoms with E-state index in [2.05, 4.69) is 46.2 Å². The molecule has 3 nitrogen and oxygen atoms in total. The standard InChI is InChI=1S/C13H19N3S2/c1-10(2)8-14-6-3-4-12-15-16-13(18-12)11-5-7-17-9-11/h5,7,9-10,14H,3-4,6,8H2,1-2H3. The van der Waals surface area contributed by atoms with Crippen LogP contribution in [0.5, 0.6) is 0 Å². The van der Waals surface area contributed by atoms with Gasteiger partial charge < -0.3 is 5.32 Å². The molecule has 2 aromatic rings. The maximum absolute atomic E-state index is 4.25. The van der Waals surface area contributed by atoms with Crippen LogP contribution in [-0.2, 0) is 6.42 Å². The molecule has 0 atom stereocenters. The monoisotopic (exact) mass is 281 g/mol. The molecule has 0 saturated carbocycles. The van der Waals surface area contributed by atoms with Gasteiger partial charge in [0, 0.05) is 17.4 Å². The quantitative estimate of drug-likeness (QED) is 0.790. The molecule has 0 aromatic carbocycles. The lowest BCUT2D eigenvalue weighted by atomic mass is 10.2. The highest BCUT2D eigenvalue weighted by Crippen LogP contribution is 2.25. The van der Waals surface area contributed by atoms with E-state index >= 15 is 0 Å². The second-order valence-electron chi connectivity index (χ2n) is 4.71. The van der Waals surface area contributed by atoms with Gasteiger partial charge in [-0.15, -0.1) is 10.2 Å². The Balaban J connectivity index is 1.74. The first-order chi connectivity index (χ1) is 8.75. The van der Waals surface area contributed by atoms with Crippen LogP contribution in [0, 0.1) is 5.92 Å². The van der Waals surface area contributed by atoms with Crippen molar-refractivity contribution in [2.24, 2.45) is 5.92 Å². The van der Waals surface area contributed by atoms with Crippen LogP contribution in [0.25, 0.3) is 10.6 Å². The minimum Gasteiger partial charge on any atom is -0.316 e. The number of thiophene rings is 1. The Hall–Kier alpha value is -0.780. The summed E-state index contributed by atoms with van der Waals surface area (Å²) < 4.78 is 0. The van der Waals surface area contributed by atoms with Gasteiger partial charge in [0.15, 0.2) is 0 Å². The lowest BCUT2D eigenvalue weighted by Gasteiger charge is -2.05. The van der Waals surface area contributed by atoms with Gasteiger partial charge in [0.2, 0.25) is 0 Å². The van der Waals surface area contributed by atoms with Crippen molar-refractivity contribution in [1.29, 1.82) is 0 Å². The highest BCUT2D eigenvalue weighted by molar-refractivity contribution is 7.15. The fourth-order valence-corrected chi connectivity index (χ4v) is 3.21.